The van der Waals surface area contributed by atoms with Crippen molar-refractivity contribution in [3.63, 3.8) is 0 Å². The molecule has 0 spiro atoms. The Balaban J connectivity index is 1.36. The number of aryl methyl sites for hydroxylation is 1. The number of thiophene rings is 1. The van der Waals surface area contributed by atoms with Gasteiger partial charge >= 0.3 is 0 Å². The summed E-state index contributed by atoms with van der Waals surface area (Å²) in [5.41, 5.74) is 0.617. The highest BCUT2D eigenvalue weighted by atomic mass is 35.5. The maximum Gasteiger partial charge on any atom is 0.257 e. The Morgan fingerprint density at radius 3 is 2.69 bits per heavy atom. The van der Waals surface area contributed by atoms with Crippen molar-refractivity contribution in [3.8, 4) is 5.75 Å². The van der Waals surface area contributed by atoms with Crippen molar-refractivity contribution in [1.82, 2.24) is 14.9 Å². The fourth-order valence-electron chi connectivity index (χ4n) is 3.40. The number of hydrogen-bond donors (Lipinski definition) is 2. The van der Waals surface area contributed by atoms with Crippen LogP contribution in [0.5, 0.6) is 5.75 Å². The van der Waals surface area contributed by atoms with Gasteiger partial charge in [-0.15, -0.1) is 11.3 Å². The van der Waals surface area contributed by atoms with Crippen molar-refractivity contribution in [3.05, 3.63) is 92.3 Å². The second-order valence-corrected chi connectivity index (χ2v) is 9.44. The van der Waals surface area contributed by atoms with Gasteiger partial charge in [-0.25, -0.2) is 0 Å². The fraction of sp³-hybridized carbons (Fsp3) is 0.240. The third kappa shape index (κ3) is 6.46. The molecule has 1 atom stereocenters. The summed E-state index contributed by atoms with van der Waals surface area (Å²) in [6.07, 6.45) is 3.96. The molecule has 1 amide bonds. The zero-order valence-corrected chi connectivity index (χ0v) is 20.5. The van der Waals surface area contributed by atoms with Gasteiger partial charge < -0.3 is 24.5 Å². The zero-order chi connectivity index (χ0) is 24.8. The van der Waals surface area contributed by atoms with Gasteiger partial charge in [-0.3, -0.25) is 14.6 Å². The average molecular weight is 514 g/mol. The number of amides is 1. The molecule has 4 rings (SSSR count). The minimum Gasteiger partial charge on any atom is -0.491 e. The SMILES string of the molecule is Cn1cc(C(=O)NCc2ccc(Cl)cc2)c(=O)c2cc(COC[C@@H](O)COc3ccncc3)sc21. The Hall–Kier alpha value is -3.24. The van der Waals surface area contributed by atoms with Crippen LogP contribution in [0.15, 0.2) is 65.8 Å². The first-order valence-corrected chi connectivity index (χ1v) is 12.0. The molecule has 35 heavy (non-hydrogen) atoms. The summed E-state index contributed by atoms with van der Waals surface area (Å²) in [6.45, 7) is 0.676. The molecule has 1 aromatic carbocycles. The molecule has 0 unspecified atom stereocenters. The number of pyridine rings is 2. The van der Waals surface area contributed by atoms with Gasteiger partial charge in [0.05, 0.1) is 18.6 Å². The van der Waals surface area contributed by atoms with Gasteiger partial charge in [0.25, 0.3) is 5.91 Å². The lowest BCUT2D eigenvalue weighted by Gasteiger charge is -2.12. The standard InChI is InChI=1S/C25H24ClN3O5S/c1-29-12-22(24(32)28-11-16-2-4-17(26)5-3-16)23(31)21-10-20(35-25(21)29)15-33-13-18(30)14-34-19-6-8-27-9-7-19/h2-10,12,18,30H,11,13-15H2,1H3,(H,28,32)/t18-/m1/s1. The molecule has 0 fully saturated rings. The van der Waals surface area contributed by atoms with E-state index >= 15 is 0 Å². The van der Waals surface area contributed by atoms with Crippen molar-refractivity contribution in [2.24, 2.45) is 7.05 Å². The van der Waals surface area contributed by atoms with E-state index in [1.54, 1.807) is 60.5 Å². The van der Waals surface area contributed by atoms with E-state index < -0.39 is 12.0 Å². The molecule has 2 N–H and O–H groups in total. The number of aliphatic hydroxyl groups excluding tert-OH is 1. The highest BCUT2D eigenvalue weighted by Crippen LogP contribution is 2.24. The van der Waals surface area contributed by atoms with Gasteiger partial charge in [-0.05, 0) is 35.9 Å². The summed E-state index contributed by atoms with van der Waals surface area (Å²) >= 11 is 7.30. The van der Waals surface area contributed by atoms with E-state index in [2.05, 4.69) is 10.3 Å². The van der Waals surface area contributed by atoms with Gasteiger partial charge in [-0.2, -0.15) is 0 Å². The molecule has 3 heterocycles. The number of halogens is 1. The lowest BCUT2D eigenvalue weighted by molar-refractivity contribution is 0.00625. The lowest BCUT2D eigenvalue weighted by atomic mass is 10.2. The number of hydrogen-bond acceptors (Lipinski definition) is 7. The van der Waals surface area contributed by atoms with Crippen molar-refractivity contribution in [1.29, 1.82) is 0 Å². The maximum absolute atomic E-state index is 13.0. The predicted octanol–water partition coefficient (Wildman–Crippen LogP) is 3.53. The van der Waals surface area contributed by atoms with E-state index in [-0.39, 0.29) is 37.4 Å². The minimum absolute atomic E-state index is 0.0721. The average Bonchev–Trinajstić information content (AvgIpc) is 3.30. The predicted molar refractivity (Wildman–Crippen MR) is 135 cm³/mol. The second kappa shape index (κ2) is 11.5. The smallest absolute Gasteiger partial charge is 0.257 e. The van der Waals surface area contributed by atoms with E-state index in [1.807, 2.05) is 12.1 Å². The van der Waals surface area contributed by atoms with Crippen molar-refractivity contribution in [2.75, 3.05) is 13.2 Å². The van der Waals surface area contributed by atoms with Crippen molar-refractivity contribution < 1.29 is 19.4 Å². The summed E-state index contributed by atoms with van der Waals surface area (Å²) in [5, 5.41) is 13.9. The van der Waals surface area contributed by atoms with Crippen LogP contribution in [0.25, 0.3) is 10.2 Å². The van der Waals surface area contributed by atoms with Gasteiger partial charge in [0.1, 0.15) is 28.9 Å². The molecule has 0 aliphatic rings. The molecule has 0 radical (unpaired) electrons. The molecule has 10 heteroatoms. The quantitative estimate of drug-likeness (QED) is 0.336. The molecule has 182 valence electrons. The van der Waals surface area contributed by atoms with Crippen LogP contribution in [0, 0.1) is 0 Å². The van der Waals surface area contributed by atoms with Crippen LogP contribution in [-0.2, 0) is 24.9 Å². The number of carbonyl (C=O) groups is 1. The van der Waals surface area contributed by atoms with Crippen LogP contribution in [-0.4, -0.2) is 39.9 Å². The van der Waals surface area contributed by atoms with E-state index in [1.165, 1.54) is 11.3 Å². The van der Waals surface area contributed by atoms with E-state index in [0.29, 0.717) is 16.2 Å². The number of aromatic nitrogens is 2. The van der Waals surface area contributed by atoms with Gasteiger partial charge in [0, 0.05) is 42.1 Å². The molecule has 0 saturated heterocycles. The van der Waals surface area contributed by atoms with Crippen LogP contribution >= 0.6 is 22.9 Å². The largest absolute Gasteiger partial charge is 0.491 e. The van der Waals surface area contributed by atoms with Crippen LogP contribution in [0.2, 0.25) is 5.02 Å². The van der Waals surface area contributed by atoms with Gasteiger partial charge in [0.2, 0.25) is 5.43 Å². The molecular weight excluding hydrogens is 490 g/mol. The third-order valence-electron chi connectivity index (χ3n) is 5.15. The number of nitrogens with zero attached hydrogens (tertiary/aromatic N) is 2. The van der Waals surface area contributed by atoms with Crippen LogP contribution < -0.4 is 15.5 Å². The Morgan fingerprint density at radius 1 is 1.20 bits per heavy atom. The summed E-state index contributed by atoms with van der Waals surface area (Å²) in [4.78, 5) is 31.2. The van der Waals surface area contributed by atoms with Gasteiger partial charge in [0.15, 0.2) is 0 Å². The number of carbonyl (C=O) groups excluding carboxylic acids is 1. The number of rotatable bonds is 10. The maximum atomic E-state index is 13.0. The first-order chi connectivity index (χ1) is 16.9. The Morgan fingerprint density at radius 2 is 1.94 bits per heavy atom. The van der Waals surface area contributed by atoms with Crippen molar-refractivity contribution >= 4 is 39.1 Å². The molecule has 0 aliphatic heterocycles. The molecule has 8 nitrogen and oxygen atoms in total. The molecule has 4 aromatic rings. The van der Waals surface area contributed by atoms with Crippen LogP contribution in [0.1, 0.15) is 20.8 Å². The van der Waals surface area contributed by atoms with E-state index in [4.69, 9.17) is 21.1 Å². The van der Waals surface area contributed by atoms with E-state index in [9.17, 15) is 14.7 Å². The summed E-state index contributed by atoms with van der Waals surface area (Å²) in [7, 11) is 1.79. The number of fused-ring (bicyclic) bond motifs is 1. The zero-order valence-electron chi connectivity index (χ0n) is 18.9. The number of ether oxygens (including phenoxy) is 2. The lowest BCUT2D eigenvalue weighted by Crippen LogP contribution is -2.29. The number of aliphatic hydroxyl groups is 1. The first-order valence-electron chi connectivity index (χ1n) is 10.8. The monoisotopic (exact) mass is 513 g/mol. The first kappa shape index (κ1) is 24.9. The second-order valence-electron chi connectivity index (χ2n) is 7.89. The van der Waals surface area contributed by atoms with Crippen LogP contribution in [0.4, 0.5) is 0 Å². The summed E-state index contributed by atoms with van der Waals surface area (Å²) in [5.74, 6) is 0.177. The highest BCUT2D eigenvalue weighted by molar-refractivity contribution is 7.18. The summed E-state index contributed by atoms with van der Waals surface area (Å²) in [6, 6.07) is 12.3. The van der Waals surface area contributed by atoms with E-state index in [0.717, 1.165) is 15.3 Å². The Bertz CT molecular complexity index is 1360. The van der Waals surface area contributed by atoms with Gasteiger partial charge in [-0.1, -0.05) is 23.7 Å². The fourth-order valence-corrected chi connectivity index (χ4v) is 4.55. The molecule has 3 aromatic heterocycles. The molecular formula is C25H24ClN3O5S. The number of benzene rings is 1. The normalized spacial score (nSPS) is 12.0. The topological polar surface area (TPSA) is 103 Å². The molecule has 0 saturated carbocycles. The Kier molecular flexibility index (Phi) is 8.14. The Labute approximate surface area is 210 Å². The third-order valence-corrected chi connectivity index (χ3v) is 6.60. The molecule has 0 bridgehead atoms. The number of nitrogens with one attached hydrogen (secondary N) is 1. The summed E-state index contributed by atoms with van der Waals surface area (Å²) < 4.78 is 12.9. The van der Waals surface area contributed by atoms with Crippen molar-refractivity contribution in [2.45, 2.75) is 19.3 Å². The molecule has 0 aliphatic carbocycles. The van der Waals surface area contributed by atoms with Crippen LogP contribution in [0.3, 0.4) is 0 Å². The minimum atomic E-state index is -0.806. The highest BCUT2D eigenvalue weighted by Gasteiger charge is 2.17.